The second-order valence-electron chi connectivity index (χ2n) is 5.23. The van der Waals surface area contributed by atoms with Gasteiger partial charge in [0.25, 0.3) is 0 Å². The van der Waals surface area contributed by atoms with Crippen LogP contribution in [0.5, 0.6) is 0 Å². The summed E-state index contributed by atoms with van der Waals surface area (Å²) in [5.41, 5.74) is 1.97. The van der Waals surface area contributed by atoms with Crippen LogP contribution in [0.25, 0.3) is 11.0 Å². The van der Waals surface area contributed by atoms with E-state index in [1.165, 1.54) is 0 Å². The zero-order valence-electron chi connectivity index (χ0n) is 10.7. The molecule has 1 aromatic carbocycles. The Balaban J connectivity index is 1.92. The Morgan fingerprint density at radius 1 is 1.39 bits per heavy atom. The quantitative estimate of drug-likeness (QED) is 0.884. The van der Waals surface area contributed by atoms with Crippen molar-refractivity contribution in [2.75, 3.05) is 6.61 Å². The number of hydrogen-bond acceptors (Lipinski definition) is 3. The minimum Gasteiger partial charge on any atom is -0.458 e. The molecule has 1 aromatic heterocycles. The summed E-state index contributed by atoms with van der Waals surface area (Å²) in [7, 11) is 0. The normalized spacial score (nSPS) is 25.7. The molecule has 3 nitrogen and oxygen atoms in total. The number of fused-ring (bicyclic) bond motifs is 1. The van der Waals surface area contributed by atoms with Crippen LogP contribution in [0.2, 0.25) is 0 Å². The zero-order valence-corrected chi connectivity index (χ0v) is 10.7. The van der Waals surface area contributed by atoms with E-state index < -0.39 is 6.10 Å². The van der Waals surface area contributed by atoms with Crippen LogP contribution in [0.1, 0.15) is 30.8 Å². The van der Waals surface area contributed by atoms with Crippen molar-refractivity contribution in [3.8, 4) is 0 Å². The molecule has 0 aliphatic carbocycles. The number of aliphatic hydroxyl groups is 1. The van der Waals surface area contributed by atoms with Gasteiger partial charge in [-0.15, -0.1) is 0 Å². The lowest BCUT2D eigenvalue weighted by Gasteiger charge is -2.13. The zero-order chi connectivity index (χ0) is 12.7. The highest BCUT2D eigenvalue weighted by atomic mass is 16.5. The van der Waals surface area contributed by atoms with E-state index in [1.54, 1.807) is 0 Å². The van der Waals surface area contributed by atoms with E-state index in [0.717, 1.165) is 23.0 Å². The van der Waals surface area contributed by atoms with Crippen molar-refractivity contribution in [1.82, 2.24) is 0 Å². The van der Waals surface area contributed by atoms with E-state index in [0.29, 0.717) is 12.4 Å². The minimum absolute atomic E-state index is 0.140. The lowest BCUT2D eigenvalue weighted by molar-refractivity contribution is 0.0681. The second kappa shape index (κ2) is 4.41. The van der Waals surface area contributed by atoms with Gasteiger partial charge in [0, 0.05) is 11.3 Å². The molecule has 3 unspecified atom stereocenters. The molecule has 96 valence electrons. The minimum atomic E-state index is -0.568. The van der Waals surface area contributed by atoms with Crippen molar-refractivity contribution in [2.45, 2.75) is 32.5 Å². The first-order valence-electron chi connectivity index (χ1n) is 6.44. The molecule has 1 aliphatic heterocycles. The van der Waals surface area contributed by atoms with Gasteiger partial charge in [-0.05, 0) is 31.9 Å². The van der Waals surface area contributed by atoms with Crippen molar-refractivity contribution < 1.29 is 14.3 Å². The summed E-state index contributed by atoms with van der Waals surface area (Å²) < 4.78 is 11.3. The Bertz CT molecular complexity index is 558. The highest BCUT2D eigenvalue weighted by Crippen LogP contribution is 2.34. The summed E-state index contributed by atoms with van der Waals surface area (Å²) in [6, 6.07) is 7.97. The molecule has 3 atom stereocenters. The van der Waals surface area contributed by atoms with Gasteiger partial charge in [-0.25, -0.2) is 0 Å². The number of ether oxygens (including phenoxy) is 1. The molecule has 1 N–H and O–H groups in total. The van der Waals surface area contributed by atoms with Crippen LogP contribution >= 0.6 is 0 Å². The van der Waals surface area contributed by atoms with Crippen molar-refractivity contribution in [1.29, 1.82) is 0 Å². The maximum absolute atomic E-state index is 10.4. The maximum atomic E-state index is 10.4. The van der Waals surface area contributed by atoms with Gasteiger partial charge in [-0.1, -0.05) is 18.2 Å². The number of para-hydroxylation sites is 1. The summed E-state index contributed by atoms with van der Waals surface area (Å²) in [6.45, 7) is 4.66. The van der Waals surface area contributed by atoms with Crippen molar-refractivity contribution in [2.24, 2.45) is 5.92 Å². The smallest absolute Gasteiger partial charge is 0.137 e. The molecule has 3 rings (SSSR count). The van der Waals surface area contributed by atoms with E-state index >= 15 is 0 Å². The Morgan fingerprint density at radius 3 is 2.89 bits per heavy atom. The van der Waals surface area contributed by atoms with Gasteiger partial charge in [0.15, 0.2) is 0 Å². The Hall–Kier alpha value is -1.32. The lowest BCUT2D eigenvalue weighted by Crippen LogP contribution is -2.11. The fourth-order valence-corrected chi connectivity index (χ4v) is 2.68. The summed E-state index contributed by atoms with van der Waals surface area (Å²) >= 11 is 0. The average Bonchev–Trinajstić information content (AvgIpc) is 2.95. The summed E-state index contributed by atoms with van der Waals surface area (Å²) in [4.78, 5) is 0. The van der Waals surface area contributed by atoms with E-state index in [1.807, 2.05) is 38.1 Å². The van der Waals surface area contributed by atoms with Crippen LogP contribution in [-0.2, 0) is 4.74 Å². The first-order valence-corrected chi connectivity index (χ1v) is 6.44. The van der Waals surface area contributed by atoms with Crippen LogP contribution in [0.3, 0.4) is 0 Å². The predicted octanol–water partition coefficient (Wildman–Crippen LogP) is 3.20. The van der Waals surface area contributed by atoms with Crippen LogP contribution in [0.15, 0.2) is 28.7 Å². The van der Waals surface area contributed by atoms with Crippen molar-refractivity contribution >= 4 is 11.0 Å². The summed E-state index contributed by atoms with van der Waals surface area (Å²) in [5, 5.41) is 11.4. The SMILES string of the molecule is Cc1cccc2cc(C(O)C3COC(C)C3)oc12. The molecule has 3 heteroatoms. The fraction of sp³-hybridized carbons (Fsp3) is 0.467. The third kappa shape index (κ3) is 1.93. The lowest BCUT2D eigenvalue weighted by atomic mass is 9.97. The average molecular weight is 246 g/mol. The number of rotatable bonds is 2. The number of hydrogen-bond donors (Lipinski definition) is 1. The number of aryl methyl sites for hydroxylation is 1. The molecule has 0 amide bonds. The third-order valence-corrected chi connectivity index (χ3v) is 3.73. The van der Waals surface area contributed by atoms with Gasteiger partial charge in [0.1, 0.15) is 17.4 Å². The van der Waals surface area contributed by atoms with E-state index in [2.05, 4.69) is 0 Å². The number of furan rings is 1. The first kappa shape index (κ1) is 11.8. The summed E-state index contributed by atoms with van der Waals surface area (Å²) in [6.07, 6.45) is 0.550. The highest BCUT2D eigenvalue weighted by Gasteiger charge is 2.31. The fourth-order valence-electron chi connectivity index (χ4n) is 2.68. The maximum Gasteiger partial charge on any atom is 0.137 e. The van der Waals surface area contributed by atoms with Gasteiger partial charge in [0.2, 0.25) is 0 Å². The molecule has 1 aliphatic rings. The largest absolute Gasteiger partial charge is 0.458 e. The molecule has 18 heavy (non-hydrogen) atoms. The second-order valence-corrected chi connectivity index (χ2v) is 5.23. The Morgan fingerprint density at radius 2 is 2.22 bits per heavy atom. The molecule has 0 spiro atoms. The number of benzene rings is 1. The molecule has 0 saturated carbocycles. The molecule has 2 aromatic rings. The van der Waals surface area contributed by atoms with Crippen molar-refractivity contribution in [3.05, 3.63) is 35.6 Å². The molecular weight excluding hydrogens is 228 g/mol. The molecule has 2 heterocycles. The summed E-state index contributed by atoms with van der Waals surface area (Å²) in [5.74, 6) is 0.794. The number of aliphatic hydroxyl groups excluding tert-OH is 1. The van der Waals surface area contributed by atoms with Crippen LogP contribution in [0, 0.1) is 12.8 Å². The third-order valence-electron chi connectivity index (χ3n) is 3.73. The predicted molar refractivity (Wildman–Crippen MR) is 69.4 cm³/mol. The molecular formula is C15H18O3. The highest BCUT2D eigenvalue weighted by molar-refractivity contribution is 5.80. The Labute approximate surface area is 106 Å². The van der Waals surface area contributed by atoms with Gasteiger partial charge >= 0.3 is 0 Å². The van der Waals surface area contributed by atoms with E-state index in [-0.39, 0.29) is 12.0 Å². The first-order chi connectivity index (χ1) is 8.65. The van der Waals surface area contributed by atoms with Crippen LogP contribution < -0.4 is 0 Å². The van der Waals surface area contributed by atoms with E-state index in [4.69, 9.17) is 9.15 Å². The van der Waals surface area contributed by atoms with Crippen LogP contribution in [0.4, 0.5) is 0 Å². The van der Waals surface area contributed by atoms with Gasteiger partial charge < -0.3 is 14.3 Å². The molecule has 1 saturated heterocycles. The topological polar surface area (TPSA) is 42.6 Å². The van der Waals surface area contributed by atoms with Gasteiger partial charge in [0.05, 0.1) is 12.7 Å². The van der Waals surface area contributed by atoms with Crippen LogP contribution in [-0.4, -0.2) is 17.8 Å². The van der Waals surface area contributed by atoms with Gasteiger partial charge in [-0.2, -0.15) is 0 Å². The molecule has 1 fully saturated rings. The van der Waals surface area contributed by atoms with E-state index in [9.17, 15) is 5.11 Å². The van der Waals surface area contributed by atoms with Crippen molar-refractivity contribution in [3.63, 3.8) is 0 Å². The van der Waals surface area contributed by atoms with Gasteiger partial charge in [-0.3, -0.25) is 0 Å². The molecule has 0 radical (unpaired) electrons. The standard InChI is InChI=1S/C15H18O3/c1-9-4-3-5-11-7-13(18-15(9)11)14(16)12-6-10(2)17-8-12/h3-5,7,10,12,14,16H,6,8H2,1-2H3. The Kier molecular flexibility index (Phi) is 2.88. The monoisotopic (exact) mass is 246 g/mol. The molecule has 0 bridgehead atoms.